The van der Waals surface area contributed by atoms with E-state index in [0.717, 1.165) is 14.8 Å². The molecule has 3 rings (SSSR count). The smallest absolute Gasteiger partial charge is 0.174 e. The van der Waals surface area contributed by atoms with Gasteiger partial charge in [-0.3, -0.25) is 0 Å². The van der Waals surface area contributed by atoms with Crippen LogP contribution in [0, 0.1) is 9.39 Å². The van der Waals surface area contributed by atoms with E-state index in [-0.39, 0.29) is 12.4 Å². The third-order valence-electron chi connectivity index (χ3n) is 4.03. The molecule has 0 saturated carbocycles. The van der Waals surface area contributed by atoms with Gasteiger partial charge in [0.1, 0.15) is 12.4 Å². The Balaban J connectivity index is 1.74. The van der Waals surface area contributed by atoms with Gasteiger partial charge in [-0.05, 0) is 64.6 Å². The third kappa shape index (κ3) is 5.21. The molecule has 1 N–H and O–H groups in total. The highest BCUT2D eigenvalue weighted by Gasteiger charge is 2.13. The Bertz CT molecular complexity index is 985. The van der Waals surface area contributed by atoms with Crippen molar-refractivity contribution >= 4 is 51.5 Å². The van der Waals surface area contributed by atoms with Gasteiger partial charge in [0.15, 0.2) is 11.5 Å². The van der Waals surface area contributed by atoms with E-state index in [0.29, 0.717) is 33.7 Å². The van der Waals surface area contributed by atoms with E-state index in [1.807, 2.05) is 18.2 Å². The number of methoxy groups -OCH3 is 1. The molecule has 0 atom stereocenters. The highest BCUT2D eigenvalue weighted by atomic mass is 127. The summed E-state index contributed by atoms with van der Waals surface area (Å²) in [6.45, 7) is 0.665. The molecule has 0 heterocycles. The van der Waals surface area contributed by atoms with Crippen LogP contribution < -0.4 is 14.8 Å². The lowest BCUT2D eigenvalue weighted by atomic mass is 10.2. The van der Waals surface area contributed by atoms with Crippen LogP contribution in [-0.2, 0) is 13.2 Å². The maximum atomic E-state index is 13.8. The molecule has 0 aliphatic rings. The maximum Gasteiger partial charge on any atom is 0.174 e. The zero-order valence-corrected chi connectivity index (χ0v) is 18.6. The Morgan fingerprint density at radius 1 is 1.07 bits per heavy atom. The van der Waals surface area contributed by atoms with Gasteiger partial charge < -0.3 is 14.8 Å². The van der Waals surface area contributed by atoms with Crippen LogP contribution in [0.4, 0.5) is 10.1 Å². The Morgan fingerprint density at radius 2 is 1.86 bits per heavy atom. The summed E-state index contributed by atoms with van der Waals surface area (Å²) in [6, 6.07) is 15.7. The average molecular weight is 532 g/mol. The van der Waals surface area contributed by atoms with Gasteiger partial charge in [-0.25, -0.2) is 4.39 Å². The fourth-order valence-electron chi connectivity index (χ4n) is 2.61. The number of anilines is 1. The van der Waals surface area contributed by atoms with E-state index < -0.39 is 0 Å². The minimum absolute atomic E-state index is 0.122. The van der Waals surface area contributed by atoms with E-state index in [2.05, 4.69) is 27.9 Å². The second-order valence-electron chi connectivity index (χ2n) is 5.97. The van der Waals surface area contributed by atoms with Crippen LogP contribution in [0.3, 0.4) is 0 Å². The predicted octanol–water partition coefficient (Wildman–Crippen LogP) is 6.94. The van der Waals surface area contributed by atoms with Gasteiger partial charge in [-0.2, -0.15) is 0 Å². The monoisotopic (exact) mass is 531 g/mol. The summed E-state index contributed by atoms with van der Waals surface area (Å²) < 4.78 is 26.0. The van der Waals surface area contributed by atoms with Crippen molar-refractivity contribution in [3.05, 3.63) is 85.2 Å². The second-order valence-corrected chi connectivity index (χ2v) is 7.97. The normalized spacial score (nSPS) is 10.6. The molecule has 0 spiro atoms. The second kappa shape index (κ2) is 9.67. The van der Waals surface area contributed by atoms with Gasteiger partial charge in [-0.1, -0.05) is 41.4 Å². The molecule has 3 aromatic carbocycles. The SMILES string of the molecule is COc1cc(CNc2ccc(Cl)cc2Cl)cc(I)c1OCc1ccccc1F. The van der Waals surface area contributed by atoms with Crippen LogP contribution in [0.15, 0.2) is 54.6 Å². The zero-order chi connectivity index (χ0) is 20.1. The van der Waals surface area contributed by atoms with E-state index >= 15 is 0 Å². The van der Waals surface area contributed by atoms with Crippen molar-refractivity contribution in [1.82, 2.24) is 0 Å². The first-order valence-electron chi connectivity index (χ1n) is 8.39. The Labute approximate surface area is 186 Å². The number of benzene rings is 3. The van der Waals surface area contributed by atoms with Crippen molar-refractivity contribution in [3.63, 3.8) is 0 Å². The number of halogens is 4. The quantitative estimate of drug-likeness (QED) is 0.335. The van der Waals surface area contributed by atoms with Gasteiger partial charge in [0.05, 0.1) is 21.4 Å². The van der Waals surface area contributed by atoms with Gasteiger partial charge >= 0.3 is 0 Å². The van der Waals surface area contributed by atoms with Crippen molar-refractivity contribution in [2.24, 2.45) is 0 Å². The van der Waals surface area contributed by atoms with Gasteiger partial charge in [0.2, 0.25) is 0 Å². The van der Waals surface area contributed by atoms with Crippen molar-refractivity contribution in [2.45, 2.75) is 13.2 Å². The van der Waals surface area contributed by atoms with Gasteiger partial charge in [0, 0.05) is 17.1 Å². The molecule has 146 valence electrons. The molecule has 0 aliphatic carbocycles. The summed E-state index contributed by atoms with van der Waals surface area (Å²) in [5.41, 5.74) is 2.27. The molecular weight excluding hydrogens is 515 g/mol. The van der Waals surface area contributed by atoms with Crippen molar-refractivity contribution in [1.29, 1.82) is 0 Å². The summed E-state index contributed by atoms with van der Waals surface area (Å²) in [4.78, 5) is 0. The lowest BCUT2D eigenvalue weighted by Crippen LogP contribution is -2.04. The first-order chi connectivity index (χ1) is 13.5. The Hall–Kier alpha value is -1.70. The van der Waals surface area contributed by atoms with Crippen LogP contribution in [-0.4, -0.2) is 7.11 Å². The van der Waals surface area contributed by atoms with Crippen LogP contribution in [0.1, 0.15) is 11.1 Å². The zero-order valence-electron chi connectivity index (χ0n) is 14.9. The number of ether oxygens (including phenoxy) is 2. The molecule has 28 heavy (non-hydrogen) atoms. The molecule has 3 aromatic rings. The maximum absolute atomic E-state index is 13.8. The minimum atomic E-state index is -0.294. The minimum Gasteiger partial charge on any atom is -0.493 e. The molecule has 3 nitrogen and oxygen atoms in total. The van der Waals surface area contributed by atoms with Crippen LogP contribution in [0.2, 0.25) is 10.0 Å². The van der Waals surface area contributed by atoms with Gasteiger partial charge in [-0.15, -0.1) is 0 Å². The molecule has 0 saturated heterocycles. The summed E-state index contributed by atoms with van der Waals surface area (Å²) in [6.07, 6.45) is 0. The summed E-state index contributed by atoms with van der Waals surface area (Å²) in [7, 11) is 1.58. The van der Waals surface area contributed by atoms with E-state index in [1.54, 1.807) is 37.4 Å². The summed E-state index contributed by atoms with van der Waals surface area (Å²) >= 11 is 14.3. The Kier molecular flexibility index (Phi) is 7.26. The first kappa shape index (κ1) is 21.0. The summed E-state index contributed by atoms with van der Waals surface area (Å²) in [5, 5.41) is 4.42. The molecule has 0 aromatic heterocycles. The lowest BCUT2D eigenvalue weighted by molar-refractivity contribution is 0.277. The molecule has 0 aliphatic heterocycles. The third-order valence-corrected chi connectivity index (χ3v) is 5.38. The highest BCUT2D eigenvalue weighted by molar-refractivity contribution is 14.1. The van der Waals surface area contributed by atoms with Crippen LogP contribution in [0.25, 0.3) is 0 Å². The molecule has 0 unspecified atom stereocenters. The number of rotatable bonds is 7. The molecular formula is C21H17Cl2FINO2. The summed E-state index contributed by atoms with van der Waals surface area (Å²) in [5.74, 6) is 0.874. The topological polar surface area (TPSA) is 30.5 Å². The molecule has 7 heteroatoms. The number of nitrogens with one attached hydrogen (secondary N) is 1. The molecule has 0 bridgehead atoms. The van der Waals surface area contributed by atoms with Crippen molar-refractivity contribution in [3.8, 4) is 11.5 Å². The number of hydrogen-bond acceptors (Lipinski definition) is 3. The van der Waals surface area contributed by atoms with Crippen LogP contribution in [0.5, 0.6) is 11.5 Å². The molecule has 0 amide bonds. The predicted molar refractivity (Wildman–Crippen MR) is 120 cm³/mol. The lowest BCUT2D eigenvalue weighted by Gasteiger charge is -2.16. The fourth-order valence-corrected chi connectivity index (χ4v) is 3.91. The molecule has 0 radical (unpaired) electrons. The largest absolute Gasteiger partial charge is 0.493 e. The first-order valence-corrected chi connectivity index (χ1v) is 10.2. The Morgan fingerprint density at radius 3 is 2.57 bits per heavy atom. The average Bonchev–Trinajstić information content (AvgIpc) is 2.67. The van der Waals surface area contributed by atoms with Crippen LogP contribution >= 0.6 is 45.8 Å². The molecule has 0 fully saturated rings. The van der Waals surface area contributed by atoms with Crippen molar-refractivity contribution in [2.75, 3.05) is 12.4 Å². The van der Waals surface area contributed by atoms with Gasteiger partial charge in [0.25, 0.3) is 0 Å². The van der Waals surface area contributed by atoms with Crippen molar-refractivity contribution < 1.29 is 13.9 Å². The number of hydrogen-bond donors (Lipinski definition) is 1. The highest BCUT2D eigenvalue weighted by Crippen LogP contribution is 2.35. The standard InChI is InChI=1S/C21H17Cl2FINO2/c1-27-20-9-13(11-26-19-7-6-15(22)10-16(19)23)8-18(25)21(20)28-12-14-4-2-3-5-17(14)24/h2-10,26H,11-12H2,1H3. The van der Waals surface area contributed by atoms with E-state index in [9.17, 15) is 4.39 Å². The van der Waals surface area contributed by atoms with E-state index in [1.165, 1.54) is 6.07 Å². The van der Waals surface area contributed by atoms with E-state index in [4.69, 9.17) is 32.7 Å². The fraction of sp³-hybridized carbons (Fsp3) is 0.143.